The molecule has 2 aliphatic heterocycles. The number of ether oxygens (including phenoxy) is 4. The Morgan fingerprint density at radius 2 is 1.08 bits per heavy atom. The summed E-state index contributed by atoms with van der Waals surface area (Å²) in [6.07, 6.45) is 28.5. The second-order valence-corrected chi connectivity index (χ2v) is 17.5. The van der Waals surface area contributed by atoms with Crippen molar-refractivity contribution in [2.45, 2.75) is 235 Å². The predicted molar refractivity (Wildman–Crippen MR) is 254 cm³/mol. The summed E-state index contributed by atoms with van der Waals surface area (Å²) in [5.74, 6) is -0.264. The Labute approximate surface area is 390 Å². The molecule has 376 valence electrons. The lowest BCUT2D eigenvalue weighted by atomic mass is 9.97. The Morgan fingerprint density at radius 3 is 1.66 bits per heavy atom. The van der Waals surface area contributed by atoms with Crippen LogP contribution in [0.4, 0.5) is 0 Å². The average Bonchev–Trinajstić information content (AvgIpc) is 3.30. The maximum Gasteiger partial charge on any atom is 0.220 e. The van der Waals surface area contributed by atoms with Crippen molar-refractivity contribution >= 4 is 5.91 Å². The molecule has 0 aromatic heterocycles. The number of allylic oxidation sites excluding steroid dienone is 9. The van der Waals surface area contributed by atoms with Gasteiger partial charge < -0.3 is 65.1 Å². The zero-order chi connectivity index (χ0) is 47.5. The van der Waals surface area contributed by atoms with Gasteiger partial charge in [-0.05, 0) is 70.6 Å². The average molecular weight is 924 g/mol. The molecule has 14 nitrogen and oxygen atoms in total. The number of nitrogens with one attached hydrogen (secondary N) is 1. The predicted octanol–water partition coefficient (Wildman–Crippen LogP) is 6.27. The maximum atomic E-state index is 13.1. The van der Waals surface area contributed by atoms with Crippen LogP contribution in [0.5, 0.6) is 0 Å². The van der Waals surface area contributed by atoms with Crippen LogP contribution < -0.4 is 5.32 Å². The van der Waals surface area contributed by atoms with Gasteiger partial charge >= 0.3 is 0 Å². The van der Waals surface area contributed by atoms with Crippen molar-refractivity contribution in [1.82, 2.24) is 5.32 Å². The Kier molecular flexibility index (Phi) is 34.1. The number of carbonyl (C=O) groups excluding carboxylic acids is 1. The monoisotopic (exact) mass is 924 g/mol. The van der Waals surface area contributed by atoms with Crippen molar-refractivity contribution in [2.75, 3.05) is 19.8 Å². The van der Waals surface area contributed by atoms with Crippen LogP contribution in [0.15, 0.2) is 60.8 Å². The summed E-state index contributed by atoms with van der Waals surface area (Å²) in [7, 11) is 0. The number of amides is 1. The van der Waals surface area contributed by atoms with Gasteiger partial charge in [0.1, 0.15) is 48.8 Å². The van der Waals surface area contributed by atoms with Crippen LogP contribution >= 0.6 is 0 Å². The van der Waals surface area contributed by atoms with Crippen LogP contribution in [0.2, 0.25) is 0 Å². The topological polar surface area (TPSA) is 228 Å². The molecule has 14 heteroatoms. The van der Waals surface area contributed by atoms with Crippen LogP contribution in [0.1, 0.15) is 162 Å². The molecule has 2 aliphatic rings. The van der Waals surface area contributed by atoms with E-state index in [2.05, 4.69) is 67.8 Å². The van der Waals surface area contributed by atoms with E-state index in [0.717, 1.165) is 57.8 Å². The van der Waals surface area contributed by atoms with Crippen molar-refractivity contribution in [2.24, 2.45) is 0 Å². The third kappa shape index (κ3) is 25.0. The summed E-state index contributed by atoms with van der Waals surface area (Å²) in [5.41, 5.74) is 0. The summed E-state index contributed by atoms with van der Waals surface area (Å²) in [6.45, 7) is 2.60. The van der Waals surface area contributed by atoms with Crippen LogP contribution in [-0.4, -0.2) is 140 Å². The molecular weight excluding hydrogens is 835 g/mol. The standard InChI is InChI=1S/C51H89NO13/c1-3-5-7-9-11-13-15-16-17-18-19-20-21-22-23-24-25-27-29-31-33-35-43(56)52-39(40(55)34-32-30-28-26-14-12-10-8-6-4-2)38-62-50-48(61)46(59)49(42(37-54)64-50)65-51-47(60)45(58)44(57)41(36-53)63-51/h6,8,14-16,18-19,26,32,34,39-42,44-51,53-55,57-61H,3-5,7,9-13,17,20-25,27-31,33,35-38H2,1-2H3,(H,52,56)/b8-6+,16-15-,19-18-,26-14+,34-32+. The van der Waals surface area contributed by atoms with E-state index in [4.69, 9.17) is 18.9 Å². The molecule has 2 heterocycles. The Hall–Kier alpha value is -2.31. The van der Waals surface area contributed by atoms with Gasteiger partial charge in [-0.25, -0.2) is 0 Å². The molecule has 0 saturated carbocycles. The number of unbranched alkanes of at least 4 members (excludes halogenated alkanes) is 16. The molecule has 2 saturated heterocycles. The highest BCUT2D eigenvalue weighted by atomic mass is 16.7. The molecular formula is C51H89NO13. The molecule has 2 fully saturated rings. The van der Waals surface area contributed by atoms with Crippen molar-refractivity contribution in [3.8, 4) is 0 Å². The first kappa shape index (κ1) is 58.8. The molecule has 12 unspecified atom stereocenters. The highest BCUT2D eigenvalue weighted by Crippen LogP contribution is 2.30. The number of hydrogen-bond donors (Lipinski definition) is 9. The summed E-state index contributed by atoms with van der Waals surface area (Å²) in [6, 6.07) is -0.939. The molecule has 1 amide bonds. The minimum absolute atomic E-state index is 0.262. The van der Waals surface area contributed by atoms with Crippen LogP contribution in [0, 0.1) is 0 Å². The van der Waals surface area contributed by atoms with E-state index in [9.17, 15) is 45.6 Å². The van der Waals surface area contributed by atoms with Gasteiger partial charge in [0.05, 0.1) is 32.0 Å². The van der Waals surface area contributed by atoms with E-state index < -0.39 is 86.8 Å². The summed E-state index contributed by atoms with van der Waals surface area (Å²) >= 11 is 0. The summed E-state index contributed by atoms with van der Waals surface area (Å²) in [5, 5.41) is 86.5. The fourth-order valence-electron chi connectivity index (χ4n) is 7.83. The van der Waals surface area contributed by atoms with Gasteiger partial charge in [-0.15, -0.1) is 0 Å². The van der Waals surface area contributed by atoms with E-state index >= 15 is 0 Å². The van der Waals surface area contributed by atoms with Gasteiger partial charge in [-0.2, -0.15) is 0 Å². The molecule has 12 atom stereocenters. The first-order chi connectivity index (χ1) is 31.6. The molecule has 9 N–H and O–H groups in total. The molecule has 0 spiro atoms. The SMILES string of the molecule is CC/C=C/CC/C=C/CC/C=C/C(O)C(COC1OC(CO)C(OC2OC(CO)C(O)C(O)C2O)C(O)C1O)NC(=O)CCCCCCCCCCC/C=C\C/C=C\CCCCCCC. The molecule has 0 aromatic carbocycles. The Balaban J connectivity index is 1.81. The zero-order valence-corrected chi connectivity index (χ0v) is 39.7. The molecule has 0 bridgehead atoms. The first-order valence-corrected chi connectivity index (χ1v) is 25.0. The number of carbonyl (C=O) groups is 1. The number of rotatable bonds is 37. The highest BCUT2D eigenvalue weighted by molar-refractivity contribution is 5.76. The minimum Gasteiger partial charge on any atom is -0.394 e. The molecule has 0 aromatic rings. The number of hydrogen-bond acceptors (Lipinski definition) is 13. The fourth-order valence-corrected chi connectivity index (χ4v) is 7.83. The number of aliphatic hydroxyl groups is 8. The second-order valence-electron chi connectivity index (χ2n) is 17.5. The van der Waals surface area contributed by atoms with E-state index in [1.165, 1.54) is 70.6 Å². The fraction of sp³-hybridized carbons (Fsp3) is 0.784. The second kappa shape index (κ2) is 37.6. The van der Waals surface area contributed by atoms with Crippen LogP contribution in [0.25, 0.3) is 0 Å². The highest BCUT2D eigenvalue weighted by Gasteiger charge is 2.51. The van der Waals surface area contributed by atoms with Crippen molar-refractivity contribution in [1.29, 1.82) is 0 Å². The first-order valence-electron chi connectivity index (χ1n) is 25.0. The quantitative estimate of drug-likeness (QED) is 0.0248. The largest absolute Gasteiger partial charge is 0.394 e. The lowest BCUT2D eigenvalue weighted by molar-refractivity contribution is -0.359. The summed E-state index contributed by atoms with van der Waals surface area (Å²) in [4.78, 5) is 13.1. The molecule has 0 radical (unpaired) electrons. The van der Waals surface area contributed by atoms with E-state index in [1.54, 1.807) is 6.08 Å². The van der Waals surface area contributed by atoms with Gasteiger partial charge in [0, 0.05) is 6.42 Å². The van der Waals surface area contributed by atoms with Crippen molar-refractivity contribution in [3.63, 3.8) is 0 Å². The summed E-state index contributed by atoms with van der Waals surface area (Å²) < 4.78 is 22.6. The van der Waals surface area contributed by atoms with E-state index in [0.29, 0.717) is 12.8 Å². The van der Waals surface area contributed by atoms with Gasteiger partial charge in [-0.3, -0.25) is 4.79 Å². The van der Waals surface area contributed by atoms with Crippen molar-refractivity contribution in [3.05, 3.63) is 60.8 Å². The van der Waals surface area contributed by atoms with Crippen LogP contribution in [-0.2, 0) is 23.7 Å². The molecule has 65 heavy (non-hydrogen) atoms. The zero-order valence-electron chi connectivity index (χ0n) is 39.7. The maximum absolute atomic E-state index is 13.1. The van der Waals surface area contributed by atoms with Crippen molar-refractivity contribution < 1.29 is 64.6 Å². The lowest BCUT2D eigenvalue weighted by Gasteiger charge is -2.46. The normalized spacial score (nSPS) is 27.5. The van der Waals surface area contributed by atoms with Crippen LogP contribution in [0.3, 0.4) is 0 Å². The van der Waals surface area contributed by atoms with E-state index in [1.807, 2.05) is 6.08 Å². The Morgan fingerprint density at radius 1 is 0.569 bits per heavy atom. The Bertz CT molecular complexity index is 1320. The number of aliphatic hydroxyl groups excluding tert-OH is 8. The minimum atomic E-state index is -1.79. The molecule has 0 aliphatic carbocycles. The molecule has 2 rings (SSSR count). The van der Waals surface area contributed by atoms with Gasteiger partial charge in [0.15, 0.2) is 12.6 Å². The van der Waals surface area contributed by atoms with E-state index in [-0.39, 0.29) is 18.9 Å². The van der Waals surface area contributed by atoms with Gasteiger partial charge in [0.2, 0.25) is 5.91 Å². The van der Waals surface area contributed by atoms with Gasteiger partial charge in [0.25, 0.3) is 0 Å². The van der Waals surface area contributed by atoms with Gasteiger partial charge in [-0.1, -0.05) is 145 Å². The third-order valence-electron chi connectivity index (χ3n) is 11.9. The third-order valence-corrected chi connectivity index (χ3v) is 11.9. The smallest absolute Gasteiger partial charge is 0.220 e. The lowest BCUT2D eigenvalue weighted by Crippen LogP contribution is -2.65.